The lowest BCUT2D eigenvalue weighted by Crippen LogP contribution is -2.48. The molecular weight excluding hydrogens is 216 g/mol. The van der Waals surface area contributed by atoms with Gasteiger partial charge in [0.05, 0.1) is 12.1 Å². The average Bonchev–Trinajstić information content (AvgIpc) is 2.76. The SMILES string of the molecule is CCC(C)NC(=O)C(C)NC1CCC(OC)C1. The van der Waals surface area contributed by atoms with Crippen LogP contribution in [0, 0.1) is 0 Å². The van der Waals surface area contributed by atoms with Crippen molar-refractivity contribution in [3.63, 3.8) is 0 Å². The molecule has 4 heteroatoms. The van der Waals surface area contributed by atoms with Gasteiger partial charge in [-0.15, -0.1) is 0 Å². The summed E-state index contributed by atoms with van der Waals surface area (Å²) in [5.41, 5.74) is 0. The fraction of sp³-hybridized carbons (Fsp3) is 0.923. The van der Waals surface area contributed by atoms with Crippen LogP contribution in [0.15, 0.2) is 0 Å². The van der Waals surface area contributed by atoms with Gasteiger partial charge in [-0.25, -0.2) is 0 Å². The molecule has 0 bridgehead atoms. The molecule has 0 aromatic carbocycles. The van der Waals surface area contributed by atoms with Gasteiger partial charge in [0, 0.05) is 19.2 Å². The highest BCUT2D eigenvalue weighted by molar-refractivity contribution is 5.81. The van der Waals surface area contributed by atoms with Gasteiger partial charge in [-0.2, -0.15) is 0 Å². The number of rotatable bonds is 6. The van der Waals surface area contributed by atoms with Crippen molar-refractivity contribution in [2.45, 2.75) is 70.7 Å². The van der Waals surface area contributed by atoms with Crippen molar-refractivity contribution >= 4 is 5.91 Å². The summed E-state index contributed by atoms with van der Waals surface area (Å²) in [4.78, 5) is 11.8. The minimum Gasteiger partial charge on any atom is -0.381 e. The van der Waals surface area contributed by atoms with E-state index in [4.69, 9.17) is 4.74 Å². The summed E-state index contributed by atoms with van der Waals surface area (Å²) in [5.74, 6) is 0.0974. The van der Waals surface area contributed by atoms with Crippen LogP contribution in [0.25, 0.3) is 0 Å². The molecule has 0 radical (unpaired) electrons. The van der Waals surface area contributed by atoms with Crippen molar-refractivity contribution in [2.75, 3.05) is 7.11 Å². The molecular formula is C13H26N2O2. The van der Waals surface area contributed by atoms with Crippen molar-refractivity contribution in [3.05, 3.63) is 0 Å². The highest BCUT2D eigenvalue weighted by atomic mass is 16.5. The molecule has 2 N–H and O–H groups in total. The molecule has 17 heavy (non-hydrogen) atoms. The van der Waals surface area contributed by atoms with Gasteiger partial charge in [0.25, 0.3) is 0 Å². The van der Waals surface area contributed by atoms with Gasteiger partial charge in [-0.3, -0.25) is 4.79 Å². The third-order valence-corrected chi connectivity index (χ3v) is 3.60. The van der Waals surface area contributed by atoms with Gasteiger partial charge in [-0.05, 0) is 39.5 Å². The first-order valence-corrected chi connectivity index (χ1v) is 6.66. The first kappa shape index (κ1) is 14.5. The Morgan fingerprint density at radius 2 is 2.12 bits per heavy atom. The lowest BCUT2D eigenvalue weighted by atomic mass is 10.2. The van der Waals surface area contributed by atoms with Crippen LogP contribution >= 0.6 is 0 Å². The largest absolute Gasteiger partial charge is 0.381 e. The molecule has 0 heterocycles. The first-order valence-electron chi connectivity index (χ1n) is 6.66. The molecule has 1 saturated carbocycles. The molecule has 0 aromatic rings. The zero-order valence-electron chi connectivity index (χ0n) is 11.5. The maximum atomic E-state index is 11.8. The van der Waals surface area contributed by atoms with E-state index in [0.717, 1.165) is 25.7 Å². The number of ether oxygens (including phenoxy) is 1. The number of hydrogen-bond donors (Lipinski definition) is 2. The minimum atomic E-state index is -0.121. The van der Waals surface area contributed by atoms with E-state index in [1.807, 2.05) is 13.8 Å². The van der Waals surface area contributed by atoms with Crippen molar-refractivity contribution in [1.82, 2.24) is 10.6 Å². The Morgan fingerprint density at radius 1 is 1.41 bits per heavy atom. The molecule has 0 aliphatic heterocycles. The highest BCUT2D eigenvalue weighted by Gasteiger charge is 2.27. The second-order valence-corrected chi connectivity index (χ2v) is 5.07. The summed E-state index contributed by atoms with van der Waals surface area (Å²) >= 11 is 0. The van der Waals surface area contributed by atoms with E-state index in [-0.39, 0.29) is 18.0 Å². The van der Waals surface area contributed by atoms with Gasteiger partial charge < -0.3 is 15.4 Å². The van der Waals surface area contributed by atoms with Crippen molar-refractivity contribution < 1.29 is 9.53 Å². The van der Waals surface area contributed by atoms with E-state index in [9.17, 15) is 4.79 Å². The first-order chi connectivity index (χ1) is 8.06. The summed E-state index contributed by atoms with van der Waals surface area (Å²) in [6.45, 7) is 6.03. The maximum absolute atomic E-state index is 11.8. The van der Waals surface area contributed by atoms with Gasteiger partial charge in [0.2, 0.25) is 5.91 Å². The van der Waals surface area contributed by atoms with Crippen LogP contribution in [0.2, 0.25) is 0 Å². The van der Waals surface area contributed by atoms with Gasteiger partial charge in [-0.1, -0.05) is 6.92 Å². The van der Waals surface area contributed by atoms with Crippen molar-refractivity contribution in [1.29, 1.82) is 0 Å². The molecule has 100 valence electrons. The van der Waals surface area contributed by atoms with Crippen LogP contribution in [0.3, 0.4) is 0 Å². The zero-order chi connectivity index (χ0) is 12.8. The van der Waals surface area contributed by atoms with E-state index in [0.29, 0.717) is 12.1 Å². The van der Waals surface area contributed by atoms with Crippen molar-refractivity contribution in [3.8, 4) is 0 Å². The fourth-order valence-corrected chi connectivity index (χ4v) is 2.20. The summed E-state index contributed by atoms with van der Waals surface area (Å²) in [7, 11) is 1.76. The lowest BCUT2D eigenvalue weighted by molar-refractivity contribution is -0.123. The molecule has 1 rings (SSSR count). The second kappa shape index (κ2) is 6.97. The summed E-state index contributed by atoms with van der Waals surface area (Å²) in [5, 5.41) is 6.38. The Balaban J connectivity index is 2.29. The topological polar surface area (TPSA) is 50.4 Å². The number of carbonyl (C=O) groups excluding carboxylic acids is 1. The Morgan fingerprint density at radius 3 is 2.65 bits per heavy atom. The summed E-state index contributed by atoms with van der Waals surface area (Å²) < 4.78 is 5.32. The normalized spacial score (nSPS) is 27.8. The lowest BCUT2D eigenvalue weighted by Gasteiger charge is -2.21. The second-order valence-electron chi connectivity index (χ2n) is 5.07. The standard InChI is InChI=1S/C13H26N2O2/c1-5-9(2)14-13(16)10(3)15-11-6-7-12(8-11)17-4/h9-12,15H,5-8H2,1-4H3,(H,14,16). The highest BCUT2D eigenvalue weighted by Crippen LogP contribution is 2.21. The number of amides is 1. The van der Waals surface area contributed by atoms with Crippen LogP contribution in [0.1, 0.15) is 46.5 Å². The van der Waals surface area contributed by atoms with E-state index < -0.39 is 0 Å². The number of hydrogen-bond acceptors (Lipinski definition) is 3. The van der Waals surface area contributed by atoms with E-state index in [2.05, 4.69) is 17.6 Å². The van der Waals surface area contributed by atoms with Crippen LogP contribution < -0.4 is 10.6 Å². The van der Waals surface area contributed by atoms with Crippen LogP contribution in [0.4, 0.5) is 0 Å². The smallest absolute Gasteiger partial charge is 0.237 e. The van der Waals surface area contributed by atoms with E-state index >= 15 is 0 Å². The predicted octanol–water partition coefficient (Wildman–Crippen LogP) is 1.45. The monoisotopic (exact) mass is 242 g/mol. The molecule has 1 fully saturated rings. The quantitative estimate of drug-likeness (QED) is 0.741. The predicted molar refractivity (Wildman–Crippen MR) is 68.9 cm³/mol. The van der Waals surface area contributed by atoms with Crippen LogP contribution in [-0.4, -0.2) is 37.2 Å². The summed E-state index contributed by atoms with van der Waals surface area (Å²) in [6.07, 6.45) is 4.52. The molecule has 4 nitrogen and oxygen atoms in total. The zero-order valence-corrected chi connectivity index (χ0v) is 11.5. The number of carbonyl (C=O) groups is 1. The third-order valence-electron chi connectivity index (χ3n) is 3.60. The van der Waals surface area contributed by atoms with Crippen LogP contribution in [0.5, 0.6) is 0 Å². The molecule has 4 unspecified atom stereocenters. The molecule has 1 aliphatic rings. The average molecular weight is 242 g/mol. The Bertz CT molecular complexity index is 246. The molecule has 0 saturated heterocycles. The molecule has 1 aliphatic carbocycles. The molecule has 0 spiro atoms. The van der Waals surface area contributed by atoms with Gasteiger partial charge in [0.15, 0.2) is 0 Å². The molecule has 4 atom stereocenters. The third kappa shape index (κ3) is 4.64. The van der Waals surface area contributed by atoms with Gasteiger partial charge >= 0.3 is 0 Å². The van der Waals surface area contributed by atoms with E-state index in [1.54, 1.807) is 7.11 Å². The van der Waals surface area contributed by atoms with Crippen LogP contribution in [-0.2, 0) is 9.53 Å². The van der Waals surface area contributed by atoms with Gasteiger partial charge in [0.1, 0.15) is 0 Å². The Kier molecular flexibility index (Phi) is 5.92. The Labute approximate surface area is 104 Å². The van der Waals surface area contributed by atoms with Crippen molar-refractivity contribution in [2.24, 2.45) is 0 Å². The number of methoxy groups -OCH3 is 1. The number of nitrogens with one attached hydrogen (secondary N) is 2. The fourth-order valence-electron chi connectivity index (χ4n) is 2.20. The maximum Gasteiger partial charge on any atom is 0.237 e. The Hall–Kier alpha value is -0.610. The molecule has 1 amide bonds. The van der Waals surface area contributed by atoms with E-state index in [1.165, 1.54) is 0 Å². The molecule has 0 aromatic heterocycles. The summed E-state index contributed by atoms with van der Waals surface area (Å²) in [6, 6.07) is 0.546. The minimum absolute atomic E-state index is 0.0974.